The third kappa shape index (κ3) is 3.51. The first kappa shape index (κ1) is 10.6. The number of benzene rings is 1. The Morgan fingerprint density at radius 2 is 1.93 bits per heavy atom. The molecule has 76 valence electrons. The number of carbonyl (C=O) groups is 1. The standard InChI is InChI=1S/C10H11F2NO/c1-10(11,12)7-13-9(14)8-5-3-2-4-6-8/h2-6H,7H2,1H3,(H,13,14). The first-order valence-corrected chi connectivity index (χ1v) is 4.20. The topological polar surface area (TPSA) is 29.1 Å². The van der Waals surface area contributed by atoms with Crippen LogP contribution in [0.3, 0.4) is 0 Å². The van der Waals surface area contributed by atoms with E-state index in [-0.39, 0.29) is 0 Å². The number of hydrogen-bond donors (Lipinski definition) is 1. The van der Waals surface area contributed by atoms with Gasteiger partial charge in [-0.15, -0.1) is 0 Å². The van der Waals surface area contributed by atoms with Crippen LogP contribution in [0.25, 0.3) is 0 Å². The zero-order valence-electron chi connectivity index (χ0n) is 7.76. The molecule has 0 unspecified atom stereocenters. The van der Waals surface area contributed by atoms with E-state index in [1.54, 1.807) is 30.3 Å². The summed E-state index contributed by atoms with van der Waals surface area (Å²) in [5.41, 5.74) is 0.386. The van der Waals surface area contributed by atoms with Crippen molar-refractivity contribution in [1.29, 1.82) is 0 Å². The molecule has 14 heavy (non-hydrogen) atoms. The Hall–Kier alpha value is -1.45. The van der Waals surface area contributed by atoms with Crippen LogP contribution < -0.4 is 5.32 Å². The average Bonchev–Trinajstić information content (AvgIpc) is 2.14. The number of alkyl halides is 2. The lowest BCUT2D eigenvalue weighted by atomic mass is 10.2. The molecule has 0 radical (unpaired) electrons. The van der Waals surface area contributed by atoms with Crippen LogP contribution in [-0.2, 0) is 0 Å². The minimum absolute atomic E-state index is 0.386. The van der Waals surface area contributed by atoms with E-state index in [4.69, 9.17) is 0 Å². The molecule has 0 fully saturated rings. The first-order valence-electron chi connectivity index (χ1n) is 4.20. The van der Waals surface area contributed by atoms with Gasteiger partial charge in [-0.05, 0) is 12.1 Å². The summed E-state index contributed by atoms with van der Waals surface area (Å²) in [6.07, 6.45) is 0. The molecular formula is C10H11F2NO. The van der Waals surface area contributed by atoms with E-state index < -0.39 is 18.4 Å². The SMILES string of the molecule is CC(F)(F)CNC(=O)c1ccccc1. The number of hydrogen-bond acceptors (Lipinski definition) is 1. The van der Waals surface area contributed by atoms with Crippen LogP contribution in [0.15, 0.2) is 30.3 Å². The second-order valence-electron chi connectivity index (χ2n) is 3.12. The predicted molar refractivity (Wildman–Crippen MR) is 49.4 cm³/mol. The second kappa shape index (κ2) is 4.17. The molecule has 0 aliphatic heterocycles. The second-order valence-corrected chi connectivity index (χ2v) is 3.12. The molecule has 0 heterocycles. The van der Waals surface area contributed by atoms with Crippen LogP contribution in [0, 0.1) is 0 Å². The number of amides is 1. The number of nitrogens with one attached hydrogen (secondary N) is 1. The number of halogens is 2. The molecule has 0 bridgehead atoms. The molecule has 1 rings (SSSR count). The first-order chi connectivity index (χ1) is 6.49. The van der Waals surface area contributed by atoms with Crippen molar-refractivity contribution in [2.45, 2.75) is 12.8 Å². The van der Waals surface area contributed by atoms with Crippen molar-refractivity contribution in [1.82, 2.24) is 5.32 Å². The molecule has 0 saturated carbocycles. The monoisotopic (exact) mass is 199 g/mol. The van der Waals surface area contributed by atoms with E-state index in [2.05, 4.69) is 5.32 Å². The molecule has 0 aliphatic rings. The lowest BCUT2D eigenvalue weighted by molar-refractivity contribution is 0.0221. The van der Waals surface area contributed by atoms with Crippen molar-refractivity contribution in [3.05, 3.63) is 35.9 Å². The van der Waals surface area contributed by atoms with E-state index >= 15 is 0 Å². The smallest absolute Gasteiger partial charge is 0.262 e. The fourth-order valence-electron chi connectivity index (χ4n) is 0.927. The summed E-state index contributed by atoms with van der Waals surface area (Å²) < 4.78 is 24.8. The molecule has 1 N–H and O–H groups in total. The van der Waals surface area contributed by atoms with Crippen LogP contribution in [0.2, 0.25) is 0 Å². The Labute approximate surface area is 80.9 Å². The zero-order valence-corrected chi connectivity index (χ0v) is 7.76. The van der Waals surface area contributed by atoms with Crippen molar-refractivity contribution >= 4 is 5.91 Å². The molecule has 0 aliphatic carbocycles. The minimum atomic E-state index is -2.87. The Kier molecular flexibility index (Phi) is 3.17. The van der Waals surface area contributed by atoms with Crippen molar-refractivity contribution in [3.8, 4) is 0 Å². The molecular weight excluding hydrogens is 188 g/mol. The Morgan fingerprint density at radius 3 is 2.43 bits per heavy atom. The lowest BCUT2D eigenvalue weighted by Gasteiger charge is -2.10. The quantitative estimate of drug-likeness (QED) is 0.793. The largest absolute Gasteiger partial charge is 0.346 e. The highest BCUT2D eigenvalue weighted by Gasteiger charge is 2.21. The summed E-state index contributed by atoms with van der Waals surface area (Å²) in [5, 5.41) is 2.15. The van der Waals surface area contributed by atoms with Gasteiger partial charge in [-0.3, -0.25) is 4.79 Å². The molecule has 2 nitrogen and oxygen atoms in total. The summed E-state index contributed by atoms with van der Waals surface area (Å²) in [6.45, 7) is 0.124. The van der Waals surface area contributed by atoms with E-state index in [1.807, 2.05) is 0 Å². The number of rotatable bonds is 3. The van der Waals surface area contributed by atoms with E-state index in [0.29, 0.717) is 5.56 Å². The van der Waals surface area contributed by atoms with E-state index in [1.165, 1.54) is 0 Å². The minimum Gasteiger partial charge on any atom is -0.346 e. The van der Waals surface area contributed by atoms with Gasteiger partial charge in [-0.25, -0.2) is 8.78 Å². The van der Waals surface area contributed by atoms with Gasteiger partial charge in [0.1, 0.15) is 0 Å². The summed E-state index contributed by atoms with van der Waals surface area (Å²) in [4.78, 5) is 11.2. The maximum absolute atomic E-state index is 12.4. The Morgan fingerprint density at radius 1 is 1.36 bits per heavy atom. The highest BCUT2D eigenvalue weighted by atomic mass is 19.3. The molecule has 4 heteroatoms. The van der Waals surface area contributed by atoms with Crippen LogP contribution in [0.1, 0.15) is 17.3 Å². The maximum Gasteiger partial charge on any atom is 0.262 e. The molecule has 1 aromatic carbocycles. The molecule has 0 aromatic heterocycles. The molecule has 1 amide bonds. The van der Waals surface area contributed by atoms with Gasteiger partial charge in [0.15, 0.2) is 0 Å². The van der Waals surface area contributed by atoms with Gasteiger partial charge in [-0.1, -0.05) is 18.2 Å². The van der Waals surface area contributed by atoms with Gasteiger partial charge in [0, 0.05) is 12.5 Å². The molecule has 1 aromatic rings. The third-order valence-electron chi connectivity index (χ3n) is 1.60. The van der Waals surface area contributed by atoms with Crippen molar-refractivity contribution < 1.29 is 13.6 Å². The maximum atomic E-state index is 12.4. The van der Waals surface area contributed by atoms with Gasteiger partial charge in [-0.2, -0.15) is 0 Å². The summed E-state index contributed by atoms with van der Waals surface area (Å²) in [5.74, 6) is -3.35. The van der Waals surface area contributed by atoms with Crippen molar-refractivity contribution in [2.75, 3.05) is 6.54 Å². The zero-order chi connectivity index (χ0) is 10.6. The molecule has 0 spiro atoms. The Balaban J connectivity index is 2.52. The fourth-order valence-corrected chi connectivity index (χ4v) is 0.927. The van der Waals surface area contributed by atoms with Gasteiger partial charge in [0.25, 0.3) is 11.8 Å². The normalized spacial score (nSPS) is 11.1. The summed E-state index contributed by atoms with van der Waals surface area (Å²) in [6, 6.07) is 8.26. The van der Waals surface area contributed by atoms with Crippen molar-refractivity contribution in [3.63, 3.8) is 0 Å². The lowest BCUT2D eigenvalue weighted by Crippen LogP contribution is -2.34. The van der Waals surface area contributed by atoms with Crippen LogP contribution in [0.4, 0.5) is 8.78 Å². The molecule has 0 saturated heterocycles. The average molecular weight is 199 g/mol. The fraction of sp³-hybridized carbons (Fsp3) is 0.300. The Bertz CT molecular complexity index is 306. The van der Waals surface area contributed by atoms with Crippen LogP contribution in [0.5, 0.6) is 0 Å². The van der Waals surface area contributed by atoms with Crippen LogP contribution >= 0.6 is 0 Å². The highest BCUT2D eigenvalue weighted by molar-refractivity contribution is 5.94. The van der Waals surface area contributed by atoms with Gasteiger partial charge in [0.05, 0.1) is 6.54 Å². The van der Waals surface area contributed by atoms with Crippen molar-refractivity contribution in [2.24, 2.45) is 0 Å². The van der Waals surface area contributed by atoms with E-state index in [0.717, 1.165) is 6.92 Å². The van der Waals surface area contributed by atoms with Gasteiger partial charge < -0.3 is 5.32 Å². The summed E-state index contributed by atoms with van der Waals surface area (Å²) >= 11 is 0. The van der Waals surface area contributed by atoms with Gasteiger partial charge in [0.2, 0.25) is 0 Å². The van der Waals surface area contributed by atoms with E-state index in [9.17, 15) is 13.6 Å². The number of carbonyl (C=O) groups excluding carboxylic acids is 1. The third-order valence-corrected chi connectivity index (χ3v) is 1.60. The predicted octanol–water partition coefficient (Wildman–Crippen LogP) is 2.07. The van der Waals surface area contributed by atoms with Crippen LogP contribution in [-0.4, -0.2) is 18.4 Å². The summed E-state index contributed by atoms with van der Waals surface area (Å²) in [7, 11) is 0. The van der Waals surface area contributed by atoms with Gasteiger partial charge >= 0.3 is 0 Å². The molecule has 0 atom stereocenters. The highest BCUT2D eigenvalue weighted by Crippen LogP contribution is 2.09.